The average molecular weight is 392 g/mol. The van der Waals surface area contributed by atoms with Gasteiger partial charge in [0.2, 0.25) is 11.8 Å². The lowest BCUT2D eigenvalue weighted by Crippen LogP contribution is -2.50. The number of nitrogens with zero attached hydrogens (tertiary/aromatic N) is 2. The Morgan fingerprint density at radius 2 is 1.78 bits per heavy atom. The van der Waals surface area contributed by atoms with Crippen molar-refractivity contribution in [3.05, 3.63) is 29.8 Å². The molecule has 3 aliphatic rings. The van der Waals surface area contributed by atoms with Gasteiger partial charge in [0, 0.05) is 38.3 Å². The molecular formula is C21H30ClN3O2. The third kappa shape index (κ3) is 3.47. The van der Waals surface area contributed by atoms with Crippen LogP contribution < -0.4 is 10.6 Å². The number of halogens is 1. The molecule has 1 saturated heterocycles. The molecule has 5 nitrogen and oxygen atoms in total. The van der Waals surface area contributed by atoms with Gasteiger partial charge in [-0.15, -0.1) is 12.4 Å². The fourth-order valence-electron chi connectivity index (χ4n) is 5.09. The number of hydrogen-bond donors (Lipinski definition) is 1. The van der Waals surface area contributed by atoms with Crippen LogP contribution in [0.1, 0.15) is 51.0 Å². The zero-order valence-electron chi connectivity index (χ0n) is 16.0. The monoisotopic (exact) mass is 391 g/mol. The molecule has 0 radical (unpaired) electrons. The minimum atomic E-state index is -0.437. The van der Waals surface area contributed by atoms with E-state index in [1.54, 1.807) is 6.92 Å². The third-order valence-corrected chi connectivity index (χ3v) is 6.76. The Labute approximate surface area is 167 Å². The summed E-state index contributed by atoms with van der Waals surface area (Å²) in [7, 11) is 0. The molecule has 0 atom stereocenters. The van der Waals surface area contributed by atoms with E-state index in [-0.39, 0.29) is 24.2 Å². The van der Waals surface area contributed by atoms with Crippen molar-refractivity contribution in [3.8, 4) is 0 Å². The number of rotatable bonds is 2. The van der Waals surface area contributed by atoms with E-state index in [0.717, 1.165) is 50.8 Å². The molecule has 0 bridgehead atoms. The molecule has 148 valence electrons. The number of nitrogens with two attached hydrogens (primary N) is 1. The van der Waals surface area contributed by atoms with E-state index in [2.05, 4.69) is 12.1 Å². The van der Waals surface area contributed by atoms with E-state index in [4.69, 9.17) is 5.73 Å². The van der Waals surface area contributed by atoms with E-state index in [0.29, 0.717) is 25.0 Å². The van der Waals surface area contributed by atoms with Gasteiger partial charge >= 0.3 is 0 Å². The number of piperidine rings is 1. The summed E-state index contributed by atoms with van der Waals surface area (Å²) in [6.45, 7) is 3.76. The van der Waals surface area contributed by atoms with Gasteiger partial charge in [0.05, 0.1) is 5.41 Å². The van der Waals surface area contributed by atoms with Crippen molar-refractivity contribution in [1.82, 2.24) is 4.90 Å². The van der Waals surface area contributed by atoms with Crippen LogP contribution in [0.25, 0.3) is 0 Å². The summed E-state index contributed by atoms with van der Waals surface area (Å²) in [5.41, 5.74) is 7.86. The topological polar surface area (TPSA) is 66.6 Å². The molecule has 27 heavy (non-hydrogen) atoms. The molecule has 4 rings (SSSR count). The van der Waals surface area contributed by atoms with Gasteiger partial charge < -0.3 is 15.5 Å². The SMILES string of the molecule is CC(=O)N1CCC2(CC1)C(=O)N(CC1CCC(N)CC1)c1ccccc12.Cl. The average Bonchev–Trinajstić information content (AvgIpc) is 2.87. The number of hydrogen-bond acceptors (Lipinski definition) is 3. The first-order valence-corrected chi connectivity index (χ1v) is 9.94. The lowest BCUT2D eigenvalue weighted by molar-refractivity contribution is -0.133. The molecule has 2 amide bonds. The normalized spacial score (nSPS) is 26.7. The fraction of sp³-hybridized carbons (Fsp3) is 0.619. The minimum Gasteiger partial charge on any atom is -0.343 e. The largest absolute Gasteiger partial charge is 0.343 e. The van der Waals surface area contributed by atoms with Crippen LogP contribution >= 0.6 is 12.4 Å². The van der Waals surface area contributed by atoms with E-state index in [9.17, 15) is 9.59 Å². The van der Waals surface area contributed by atoms with Crippen LogP contribution in [0.4, 0.5) is 5.69 Å². The summed E-state index contributed by atoms with van der Waals surface area (Å²) in [6.07, 6.45) is 5.81. The van der Waals surface area contributed by atoms with Crippen LogP contribution in [0.2, 0.25) is 0 Å². The Morgan fingerprint density at radius 3 is 2.41 bits per heavy atom. The molecule has 2 heterocycles. The number of carbonyl (C=O) groups is 2. The van der Waals surface area contributed by atoms with Crippen molar-refractivity contribution in [2.75, 3.05) is 24.5 Å². The van der Waals surface area contributed by atoms with Crippen LogP contribution in [0.5, 0.6) is 0 Å². The smallest absolute Gasteiger partial charge is 0.237 e. The molecule has 2 aliphatic heterocycles. The third-order valence-electron chi connectivity index (χ3n) is 6.76. The number of fused-ring (bicyclic) bond motifs is 2. The maximum Gasteiger partial charge on any atom is 0.237 e. The standard InChI is InChI=1S/C21H29N3O2.ClH/c1-15(25)23-12-10-21(11-13-23)18-4-2-3-5-19(18)24(20(21)26)14-16-6-8-17(22)9-7-16;/h2-5,16-17H,6-14,22H2,1H3;1H. The first-order valence-electron chi connectivity index (χ1n) is 9.94. The molecule has 0 aromatic heterocycles. The summed E-state index contributed by atoms with van der Waals surface area (Å²) in [6, 6.07) is 8.60. The zero-order valence-corrected chi connectivity index (χ0v) is 16.8. The van der Waals surface area contributed by atoms with Gasteiger partial charge in [-0.3, -0.25) is 9.59 Å². The van der Waals surface area contributed by atoms with E-state index >= 15 is 0 Å². The number of likely N-dealkylation sites (tertiary alicyclic amines) is 1. The zero-order chi connectivity index (χ0) is 18.3. The van der Waals surface area contributed by atoms with Gasteiger partial charge in [-0.05, 0) is 56.1 Å². The Morgan fingerprint density at radius 1 is 1.15 bits per heavy atom. The summed E-state index contributed by atoms with van der Waals surface area (Å²) in [5.74, 6) is 0.894. The van der Waals surface area contributed by atoms with Crippen molar-refractivity contribution < 1.29 is 9.59 Å². The Bertz CT molecular complexity index is 707. The summed E-state index contributed by atoms with van der Waals surface area (Å²) in [5, 5.41) is 0. The van der Waals surface area contributed by atoms with Crippen LogP contribution in [0.15, 0.2) is 24.3 Å². The summed E-state index contributed by atoms with van der Waals surface area (Å²) in [4.78, 5) is 29.2. The number of anilines is 1. The van der Waals surface area contributed by atoms with Gasteiger partial charge in [-0.2, -0.15) is 0 Å². The van der Waals surface area contributed by atoms with E-state index < -0.39 is 5.41 Å². The summed E-state index contributed by atoms with van der Waals surface area (Å²) < 4.78 is 0. The Balaban J connectivity index is 0.00000210. The molecule has 1 aromatic rings. The predicted octanol–water partition coefficient (Wildman–Crippen LogP) is 2.85. The number of amides is 2. The molecule has 2 N–H and O–H groups in total. The molecule has 1 aliphatic carbocycles. The minimum absolute atomic E-state index is 0. The fourth-order valence-corrected chi connectivity index (χ4v) is 5.09. The number of carbonyl (C=O) groups excluding carboxylic acids is 2. The Hall–Kier alpha value is -1.59. The van der Waals surface area contributed by atoms with E-state index in [1.807, 2.05) is 21.9 Å². The number of para-hydroxylation sites is 1. The molecule has 6 heteroatoms. The van der Waals surface area contributed by atoms with Crippen molar-refractivity contribution in [2.24, 2.45) is 11.7 Å². The summed E-state index contributed by atoms with van der Waals surface area (Å²) >= 11 is 0. The maximum absolute atomic E-state index is 13.6. The van der Waals surface area contributed by atoms with Crippen LogP contribution in [-0.2, 0) is 15.0 Å². The predicted molar refractivity (Wildman–Crippen MR) is 109 cm³/mol. The van der Waals surface area contributed by atoms with Gasteiger partial charge in [0.25, 0.3) is 0 Å². The molecule has 1 aromatic carbocycles. The van der Waals surface area contributed by atoms with Gasteiger partial charge in [-0.25, -0.2) is 0 Å². The van der Waals surface area contributed by atoms with Gasteiger partial charge in [0.1, 0.15) is 0 Å². The number of benzene rings is 1. The first-order chi connectivity index (χ1) is 12.5. The maximum atomic E-state index is 13.6. The van der Waals surface area contributed by atoms with Gasteiger partial charge in [0.15, 0.2) is 0 Å². The second kappa shape index (κ2) is 7.80. The first kappa shape index (κ1) is 20.2. The Kier molecular flexibility index (Phi) is 5.82. The second-order valence-corrected chi connectivity index (χ2v) is 8.30. The highest BCUT2D eigenvalue weighted by Crippen LogP contribution is 2.48. The van der Waals surface area contributed by atoms with Crippen molar-refractivity contribution in [3.63, 3.8) is 0 Å². The molecule has 0 unspecified atom stereocenters. The lowest BCUT2D eigenvalue weighted by Gasteiger charge is -2.38. The van der Waals surface area contributed by atoms with Crippen LogP contribution in [0.3, 0.4) is 0 Å². The molecule has 1 spiro atoms. The lowest BCUT2D eigenvalue weighted by atomic mass is 9.73. The molecular weight excluding hydrogens is 362 g/mol. The van der Waals surface area contributed by atoms with Crippen LogP contribution in [0, 0.1) is 5.92 Å². The second-order valence-electron chi connectivity index (χ2n) is 8.30. The van der Waals surface area contributed by atoms with Crippen molar-refractivity contribution in [2.45, 2.75) is 56.9 Å². The quantitative estimate of drug-likeness (QED) is 0.842. The highest BCUT2D eigenvalue weighted by molar-refractivity contribution is 6.08. The van der Waals surface area contributed by atoms with Crippen LogP contribution in [-0.4, -0.2) is 42.4 Å². The van der Waals surface area contributed by atoms with Gasteiger partial charge in [-0.1, -0.05) is 18.2 Å². The van der Waals surface area contributed by atoms with E-state index in [1.165, 1.54) is 5.56 Å². The van der Waals surface area contributed by atoms with Crippen molar-refractivity contribution in [1.29, 1.82) is 0 Å². The highest BCUT2D eigenvalue weighted by Gasteiger charge is 2.52. The highest BCUT2D eigenvalue weighted by atomic mass is 35.5. The molecule has 1 saturated carbocycles. The molecule has 2 fully saturated rings. The van der Waals surface area contributed by atoms with Crippen molar-refractivity contribution >= 4 is 29.9 Å².